The average Bonchev–Trinajstić information content (AvgIpc) is 2.90. The van der Waals surface area contributed by atoms with Crippen molar-refractivity contribution in [3.8, 4) is 57.3 Å². The third-order valence-corrected chi connectivity index (χ3v) is 6.94. The fraction of sp³-hybridized carbons (Fsp3) is 0.0667. The molecule has 7 N–H and O–H groups in total. The zero-order valence-electron chi connectivity index (χ0n) is 20.8. The summed E-state index contributed by atoms with van der Waals surface area (Å²) in [4.78, 5) is 27.3. The van der Waals surface area contributed by atoms with Gasteiger partial charge in [-0.2, -0.15) is 0 Å². The van der Waals surface area contributed by atoms with Crippen molar-refractivity contribution in [1.29, 1.82) is 0 Å². The summed E-state index contributed by atoms with van der Waals surface area (Å²) in [7, 11) is 0. The lowest BCUT2D eigenvalue weighted by molar-refractivity contribution is 0.0772. The van der Waals surface area contributed by atoms with Crippen molar-refractivity contribution in [2.24, 2.45) is 0 Å². The minimum atomic E-state index is -1.47. The number of rotatable bonds is 3. The van der Waals surface area contributed by atoms with Gasteiger partial charge in [-0.15, -0.1) is 0 Å². The first-order chi connectivity index (χ1) is 19.5. The zero-order chi connectivity index (χ0) is 29.2. The van der Waals surface area contributed by atoms with E-state index in [1.54, 1.807) is 0 Å². The molecule has 6 rings (SSSR count). The molecule has 0 spiro atoms. The van der Waals surface area contributed by atoms with Gasteiger partial charge < -0.3 is 44.9 Å². The maximum absolute atomic E-state index is 14.1. The minimum Gasteiger partial charge on any atom is -0.508 e. The topological polar surface area (TPSA) is 198 Å². The molecule has 0 bridgehead atoms. The standard InChI is InChI=1S/C30H20O11/c31-14-4-1-12(2-5-14)29-27(28(39)25-18(35)8-15(32)9-23(25)41-29)26-20(37)10-19(36)24-21(38)11-22(40-30(24)26)13-3-6-16(33)17(34)7-13/h1-11,27,29,31-37H/t27-,29-/m0/s1. The number of ketones is 1. The number of aromatic hydroxyl groups is 7. The molecule has 206 valence electrons. The van der Waals surface area contributed by atoms with Crippen molar-refractivity contribution in [3.63, 3.8) is 0 Å². The molecule has 2 heterocycles. The summed E-state index contributed by atoms with van der Waals surface area (Å²) in [5.41, 5.74) is -1.16. The number of hydrogen-bond acceptors (Lipinski definition) is 11. The van der Waals surface area contributed by atoms with Crippen LogP contribution in [0.3, 0.4) is 0 Å². The van der Waals surface area contributed by atoms with Crippen molar-refractivity contribution in [2.45, 2.75) is 12.0 Å². The average molecular weight is 556 g/mol. The molecular formula is C30H20O11. The van der Waals surface area contributed by atoms with Crippen LogP contribution in [-0.4, -0.2) is 41.5 Å². The van der Waals surface area contributed by atoms with E-state index in [2.05, 4.69) is 0 Å². The maximum atomic E-state index is 14.1. The Kier molecular flexibility index (Phi) is 5.66. The van der Waals surface area contributed by atoms with Gasteiger partial charge in [-0.05, 0) is 35.9 Å². The maximum Gasteiger partial charge on any atom is 0.197 e. The molecule has 41 heavy (non-hydrogen) atoms. The number of hydrogen-bond donors (Lipinski definition) is 7. The number of carbonyl (C=O) groups excluding carboxylic acids is 1. The van der Waals surface area contributed by atoms with E-state index in [9.17, 15) is 45.3 Å². The molecule has 0 amide bonds. The molecule has 0 radical (unpaired) electrons. The van der Waals surface area contributed by atoms with Crippen LogP contribution in [0.15, 0.2) is 75.9 Å². The molecule has 0 fully saturated rings. The molecule has 5 aromatic rings. The predicted octanol–water partition coefficient (Wildman–Crippen LogP) is 4.50. The Morgan fingerprint density at radius 2 is 1.37 bits per heavy atom. The van der Waals surface area contributed by atoms with E-state index >= 15 is 0 Å². The Morgan fingerprint density at radius 1 is 0.634 bits per heavy atom. The molecule has 1 aromatic heterocycles. The van der Waals surface area contributed by atoms with Crippen LogP contribution in [0.2, 0.25) is 0 Å². The summed E-state index contributed by atoms with van der Waals surface area (Å²) in [6, 6.07) is 13.3. The summed E-state index contributed by atoms with van der Waals surface area (Å²) in [5, 5.41) is 71.4. The molecule has 0 aliphatic carbocycles. The number of carbonyl (C=O) groups is 1. The van der Waals surface area contributed by atoms with Gasteiger partial charge >= 0.3 is 0 Å². The molecule has 11 heteroatoms. The Balaban J connectivity index is 1.67. The minimum absolute atomic E-state index is 0.0751. The number of ether oxygens (including phenoxy) is 1. The van der Waals surface area contributed by atoms with E-state index in [-0.39, 0.29) is 50.7 Å². The third-order valence-electron chi connectivity index (χ3n) is 6.94. The van der Waals surface area contributed by atoms with Crippen molar-refractivity contribution in [1.82, 2.24) is 0 Å². The van der Waals surface area contributed by atoms with E-state index in [1.807, 2.05) is 0 Å². The van der Waals surface area contributed by atoms with E-state index in [0.717, 1.165) is 30.3 Å². The summed E-state index contributed by atoms with van der Waals surface area (Å²) in [5.74, 6) is -5.72. The number of phenolic OH excluding ortho intramolecular Hbond substituents is 7. The predicted molar refractivity (Wildman–Crippen MR) is 143 cm³/mol. The number of phenols is 7. The van der Waals surface area contributed by atoms with Crippen molar-refractivity contribution in [2.75, 3.05) is 0 Å². The molecule has 0 saturated carbocycles. The van der Waals surface area contributed by atoms with Crippen LogP contribution in [0.5, 0.6) is 46.0 Å². The smallest absolute Gasteiger partial charge is 0.197 e. The van der Waals surface area contributed by atoms with Crippen molar-refractivity contribution < 1.29 is 49.7 Å². The van der Waals surface area contributed by atoms with Gasteiger partial charge in [0.25, 0.3) is 0 Å². The second-order valence-electron chi connectivity index (χ2n) is 9.52. The summed E-state index contributed by atoms with van der Waals surface area (Å²) in [6.07, 6.45) is -1.23. The van der Waals surface area contributed by atoms with Crippen LogP contribution in [0.25, 0.3) is 22.3 Å². The number of Topliss-reactive ketones (excluding diaryl/α,β-unsaturated/α-hetero) is 1. The quantitative estimate of drug-likeness (QED) is 0.154. The fourth-order valence-corrected chi connectivity index (χ4v) is 5.07. The third kappa shape index (κ3) is 4.07. The summed E-state index contributed by atoms with van der Waals surface area (Å²) >= 11 is 0. The van der Waals surface area contributed by atoms with Crippen LogP contribution < -0.4 is 10.2 Å². The second-order valence-corrected chi connectivity index (χ2v) is 9.52. The van der Waals surface area contributed by atoms with Crippen molar-refractivity contribution in [3.05, 3.63) is 93.6 Å². The highest BCUT2D eigenvalue weighted by molar-refractivity contribution is 6.09. The molecule has 1 aliphatic heterocycles. The Morgan fingerprint density at radius 3 is 2.07 bits per heavy atom. The SMILES string of the molecule is O=C1c2c(O)cc(O)cc2O[C@@H](c2ccc(O)cc2)[C@H]1c1c(O)cc(O)c2c(=O)cc(-c3ccc(O)c(O)c3)oc12. The molecule has 11 nitrogen and oxygen atoms in total. The Bertz CT molecular complexity index is 1940. The van der Waals surface area contributed by atoms with Crippen LogP contribution >= 0.6 is 0 Å². The van der Waals surface area contributed by atoms with E-state index in [0.29, 0.717) is 5.56 Å². The normalized spacial score (nSPS) is 16.3. The van der Waals surface area contributed by atoms with E-state index in [1.165, 1.54) is 36.4 Å². The number of benzene rings is 4. The lowest BCUT2D eigenvalue weighted by Crippen LogP contribution is -2.30. The van der Waals surface area contributed by atoms with Gasteiger partial charge in [-0.1, -0.05) is 12.1 Å². The zero-order valence-corrected chi connectivity index (χ0v) is 20.8. The van der Waals surface area contributed by atoms with Gasteiger partial charge in [-0.3, -0.25) is 9.59 Å². The molecule has 1 aliphatic rings. The van der Waals surface area contributed by atoms with Crippen LogP contribution in [0.4, 0.5) is 0 Å². The largest absolute Gasteiger partial charge is 0.508 e. The highest BCUT2D eigenvalue weighted by Gasteiger charge is 2.44. The van der Waals surface area contributed by atoms with E-state index < -0.39 is 52.0 Å². The lowest BCUT2D eigenvalue weighted by atomic mass is 9.79. The fourth-order valence-electron chi connectivity index (χ4n) is 5.07. The van der Waals surface area contributed by atoms with Crippen LogP contribution in [0.1, 0.15) is 33.5 Å². The van der Waals surface area contributed by atoms with Gasteiger partial charge in [0, 0.05) is 29.8 Å². The van der Waals surface area contributed by atoms with Gasteiger partial charge in [0.1, 0.15) is 62.9 Å². The van der Waals surface area contributed by atoms with Gasteiger partial charge in [0.2, 0.25) is 0 Å². The van der Waals surface area contributed by atoms with Gasteiger partial charge in [0.15, 0.2) is 22.7 Å². The molecule has 4 aromatic carbocycles. The van der Waals surface area contributed by atoms with Crippen LogP contribution in [-0.2, 0) is 0 Å². The molecule has 0 unspecified atom stereocenters. The second kappa shape index (κ2) is 9.12. The first kappa shape index (κ1) is 25.4. The highest BCUT2D eigenvalue weighted by Crippen LogP contribution is 2.52. The molecule has 2 atom stereocenters. The molecule has 0 saturated heterocycles. The van der Waals surface area contributed by atoms with E-state index in [4.69, 9.17) is 9.15 Å². The van der Waals surface area contributed by atoms with Crippen LogP contribution in [0, 0.1) is 0 Å². The molecular weight excluding hydrogens is 536 g/mol. The van der Waals surface area contributed by atoms with Gasteiger partial charge in [-0.25, -0.2) is 0 Å². The van der Waals surface area contributed by atoms with Gasteiger partial charge in [0.05, 0.1) is 11.5 Å². The van der Waals surface area contributed by atoms with Crippen molar-refractivity contribution >= 4 is 16.8 Å². The monoisotopic (exact) mass is 556 g/mol. The Labute approximate surface area is 229 Å². The summed E-state index contributed by atoms with van der Waals surface area (Å²) in [6.45, 7) is 0. The first-order valence-corrected chi connectivity index (χ1v) is 12.1. The lowest BCUT2D eigenvalue weighted by Gasteiger charge is -2.34. The summed E-state index contributed by atoms with van der Waals surface area (Å²) < 4.78 is 12.1. The first-order valence-electron chi connectivity index (χ1n) is 12.1. The highest BCUT2D eigenvalue weighted by atomic mass is 16.5. The Hall–Kier alpha value is -5.84. The number of fused-ring (bicyclic) bond motifs is 2.